The number of ketones is 1. The molecule has 1 aromatic heterocycles. The third kappa shape index (κ3) is 2.53. The zero-order valence-electron chi connectivity index (χ0n) is 10.6. The first-order valence-electron chi connectivity index (χ1n) is 6.00. The molecule has 0 saturated carbocycles. The van der Waals surface area contributed by atoms with Crippen molar-refractivity contribution in [2.45, 2.75) is 0 Å². The van der Waals surface area contributed by atoms with Gasteiger partial charge in [0, 0.05) is 5.56 Å². The summed E-state index contributed by atoms with van der Waals surface area (Å²) in [6.07, 6.45) is 0. The third-order valence-corrected chi connectivity index (χ3v) is 2.79. The summed E-state index contributed by atoms with van der Waals surface area (Å²) in [6, 6.07) is 11.7. The Hall–Kier alpha value is -2.96. The Kier molecular flexibility index (Phi) is 3.23. The van der Waals surface area contributed by atoms with E-state index in [4.69, 9.17) is 0 Å². The van der Waals surface area contributed by atoms with Crippen molar-refractivity contribution in [1.29, 1.82) is 0 Å². The molecule has 0 aliphatic heterocycles. The van der Waals surface area contributed by atoms with Gasteiger partial charge in [-0.15, -0.1) is 15.0 Å². The fraction of sp³-hybridized carbons (Fsp3) is 0. The minimum Gasteiger partial charge on any atom is -0.285 e. The summed E-state index contributed by atoms with van der Waals surface area (Å²) in [5, 5.41) is 11.3. The van der Waals surface area contributed by atoms with Crippen molar-refractivity contribution in [2.75, 3.05) is 0 Å². The van der Waals surface area contributed by atoms with E-state index in [1.54, 1.807) is 24.3 Å². The summed E-state index contributed by atoms with van der Waals surface area (Å²) in [5.41, 5.74) is 0.593. The molecule has 1 heterocycles. The fourth-order valence-corrected chi connectivity index (χ4v) is 1.74. The van der Waals surface area contributed by atoms with Gasteiger partial charge in [0.15, 0.2) is 11.6 Å². The lowest BCUT2D eigenvalue weighted by molar-refractivity contribution is 0.102. The normalized spacial score (nSPS) is 10.6. The number of benzene rings is 2. The lowest BCUT2D eigenvalue weighted by Gasteiger charge is -1.98. The maximum absolute atomic E-state index is 13.1. The first-order valence-corrected chi connectivity index (χ1v) is 6.00. The minimum atomic E-state index is -1.10. The Bertz CT molecular complexity index is 802. The second-order valence-corrected chi connectivity index (χ2v) is 4.20. The van der Waals surface area contributed by atoms with Crippen molar-refractivity contribution in [3.63, 3.8) is 0 Å². The van der Waals surface area contributed by atoms with Gasteiger partial charge in [-0.3, -0.25) is 4.79 Å². The lowest BCUT2D eigenvalue weighted by atomic mass is 10.1. The molecule has 5 nitrogen and oxygen atoms in total. The van der Waals surface area contributed by atoms with E-state index < -0.39 is 17.4 Å². The zero-order valence-corrected chi connectivity index (χ0v) is 10.6. The van der Waals surface area contributed by atoms with Gasteiger partial charge in [-0.1, -0.05) is 18.2 Å². The van der Waals surface area contributed by atoms with Crippen LogP contribution in [-0.2, 0) is 0 Å². The van der Waals surface area contributed by atoms with Crippen LogP contribution in [0.1, 0.15) is 16.2 Å². The molecule has 2 aromatic carbocycles. The van der Waals surface area contributed by atoms with Gasteiger partial charge in [-0.05, 0) is 35.5 Å². The Morgan fingerprint density at radius 1 is 1.00 bits per heavy atom. The van der Waals surface area contributed by atoms with Gasteiger partial charge in [0.05, 0.1) is 5.69 Å². The van der Waals surface area contributed by atoms with Gasteiger partial charge >= 0.3 is 0 Å². The molecule has 3 rings (SSSR count). The number of aromatic nitrogens is 4. The van der Waals surface area contributed by atoms with Gasteiger partial charge in [0.2, 0.25) is 11.6 Å². The molecular formula is C14H8F2N4O. The molecule has 0 aliphatic carbocycles. The Morgan fingerprint density at radius 2 is 1.76 bits per heavy atom. The van der Waals surface area contributed by atoms with Crippen LogP contribution in [0.15, 0.2) is 48.5 Å². The predicted octanol–water partition coefficient (Wildman–Crippen LogP) is 2.17. The molecule has 21 heavy (non-hydrogen) atoms. The summed E-state index contributed by atoms with van der Waals surface area (Å²) in [6.45, 7) is 0. The van der Waals surface area contributed by atoms with Crippen LogP contribution in [0.3, 0.4) is 0 Å². The molecule has 0 aliphatic rings. The van der Waals surface area contributed by atoms with Crippen LogP contribution in [0, 0.1) is 11.6 Å². The molecule has 0 radical (unpaired) electrons. The number of para-hydroxylation sites is 1. The van der Waals surface area contributed by atoms with Crippen molar-refractivity contribution < 1.29 is 13.6 Å². The summed E-state index contributed by atoms with van der Waals surface area (Å²) in [5.74, 6) is -2.94. The SMILES string of the molecule is O=C(c1ccc(F)c(F)c1)c1nnn(-c2ccccc2)n1. The van der Waals surface area contributed by atoms with Crippen LogP contribution in [0.5, 0.6) is 0 Å². The quantitative estimate of drug-likeness (QED) is 0.692. The van der Waals surface area contributed by atoms with Crippen molar-refractivity contribution in [3.05, 3.63) is 71.6 Å². The molecular weight excluding hydrogens is 278 g/mol. The Labute approximate surface area is 117 Å². The highest BCUT2D eigenvalue weighted by atomic mass is 19.2. The van der Waals surface area contributed by atoms with E-state index in [0.717, 1.165) is 12.1 Å². The highest BCUT2D eigenvalue weighted by Crippen LogP contribution is 2.12. The number of tetrazole rings is 1. The molecule has 0 N–H and O–H groups in total. The zero-order chi connectivity index (χ0) is 14.8. The molecule has 3 aromatic rings. The molecule has 0 amide bonds. The number of nitrogens with zero attached hydrogens (tertiary/aromatic N) is 4. The molecule has 0 spiro atoms. The fourth-order valence-electron chi connectivity index (χ4n) is 1.74. The number of carbonyl (C=O) groups excluding carboxylic acids is 1. The predicted molar refractivity (Wildman–Crippen MR) is 68.9 cm³/mol. The van der Waals surface area contributed by atoms with Crippen LogP contribution in [-0.4, -0.2) is 26.0 Å². The van der Waals surface area contributed by atoms with Gasteiger partial charge < -0.3 is 0 Å². The second kappa shape index (κ2) is 5.20. The first-order chi connectivity index (χ1) is 10.1. The Morgan fingerprint density at radius 3 is 2.48 bits per heavy atom. The minimum absolute atomic E-state index is 0.0403. The highest BCUT2D eigenvalue weighted by molar-refractivity contribution is 6.06. The number of hydrogen-bond donors (Lipinski definition) is 0. The van der Waals surface area contributed by atoms with Gasteiger partial charge in [-0.2, -0.15) is 0 Å². The van der Waals surface area contributed by atoms with Crippen molar-refractivity contribution >= 4 is 5.78 Å². The molecule has 0 bridgehead atoms. The molecule has 0 saturated heterocycles. The maximum atomic E-state index is 13.1. The van der Waals surface area contributed by atoms with Crippen molar-refractivity contribution in [1.82, 2.24) is 20.2 Å². The lowest BCUT2D eigenvalue weighted by Crippen LogP contribution is -2.06. The number of carbonyl (C=O) groups is 1. The summed E-state index contributed by atoms with van der Waals surface area (Å²) >= 11 is 0. The smallest absolute Gasteiger partial charge is 0.245 e. The average Bonchev–Trinajstić information content (AvgIpc) is 3.00. The van der Waals surface area contributed by atoms with E-state index in [-0.39, 0.29) is 11.4 Å². The second-order valence-electron chi connectivity index (χ2n) is 4.20. The average molecular weight is 286 g/mol. The molecule has 0 unspecified atom stereocenters. The number of halogens is 2. The van der Waals surface area contributed by atoms with Crippen LogP contribution in [0.4, 0.5) is 8.78 Å². The monoisotopic (exact) mass is 286 g/mol. The summed E-state index contributed by atoms with van der Waals surface area (Å²) in [7, 11) is 0. The van der Waals surface area contributed by atoms with Crippen LogP contribution in [0.25, 0.3) is 5.69 Å². The molecule has 0 fully saturated rings. The van der Waals surface area contributed by atoms with Crippen LogP contribution >= 0.6 is 0 Å². The maximum Gasteiger partial charge on any atom is 0.245 e. The molecule has 0 atom stereocenters. The third-order valence-electron chi connectivity index (χ3n) is 2.79. The number of hydrogen-bond acceptors (Lipinski definition) is 4. The van der Waals surface area contributed by atoms with Gasteiger partial charge in [-0.25, -0.2) is 8.78 Å². The summed E-state index contributed by atoms with van der Waals surface area (Å²) < 4.78 is 26.0. The van der Waals surface area contributed by atoms with E-state index in [2.05, 4.69) is 15.4 Å². The van der Waals surface area contributed by atoms with Gasteiger partial charge in [0.25, 0.3) is 0 Å². The van der Waals surface area contributed by atoms with Crippen molar-refractivity contribution in [3.8, 4) is 5.69 Å². The van der Waals surface area contributed by atoms with E-state index in [1.807, 2.05) is 6.07 Å². The molecule has 7 heteroatoms. The first kappa shape index (κ1) is 13.0. The van der Waals surface area contributed by atoms with E-state index in [9.17, 15) is 13.6 Å². The highest BCUT2D eigenvalue weighted by Gasteiger charge is 2.17. The van der Waals surface area contributed by atoms with E-state index in [0.29, 0.717) is 5.69 Å². The van der Waals surface area contributed by atoms with E-state index in [1.165, 1.54) is 10.9 Å². The Balaban J connectivity index is 1.92. The van der Waals surface area contributed by atoms with E-state index >= 15 is 0 Å². The standard InChI is InChI=1S/C14H8F2N4O/c15-11-7-6-9(8-12(11)16)13(21)14-17-19-20(18-14)10-4-2-1-3-5-10/h1-8H. The number of rotatable bonds is 3. The van der Waals surface area contributed by atoms with Crippen LogP contribution in [0.2, 0.25) is 0 Å². The largest absolute Gasteiger partial charge is 0.285 e. The van der Waals surface area contributed by atoms with Crippen LogP contribution < -0.4 is 0 Å². The van der Waals surface area contributed by atoms with Gasteiger partial charge in [0.1, 0.15) is 0 Å². The topological polar surface area (TPSA) is 60.7 Å². The van der Waals surface area contributed by atoms with Crippen molar-refractivity contribution in [2.24, 2.45) is 0 Å². The summed E-state index contributed by atoms with van der Waals surface area (Å²) in [4.78, 5) is 13.3. The molecule has 104 valence electrons.